The van der Waals surface area contributed by atoms with Crippen molar-refractivity contribution in [2.45, 2.75) is 90.6 Å². The number of carbonyl (C=O) groups is 1. The average Bonchev–Trinajstić information content (AvgIpc) is 3.08. The first-order chi connectivity index (χ1) is 22.9. The number of rotatable bonds is 20. The van der Waals surface area contributed by atoms with Crippen molar-refractivity contribution < 1.29 is 29.4 Å². The van der Waals surface area contributed by atoms with Gasteiger partial charge in [-0.1, -0.05) is 120 Å². The molecule has 0 unspecified atom stereocenters. The van der Waals surface area contributed by atoms with Crippen molar-refractivity contribution >= 4 is 28.1 Å². The molecule has 0 aliphatic heterocycles. The van der Waals surface area contributed by atoms with Crippen LogP contribution >= 0.6 is 0 Å². The number of nitrogens with zero attached hydrogens (tertiary/aromatic N) is 1. The summed E-state index contributed by atoms with van der Waals surface area (Å²) >= 11 is 0. The second-order valence-electron chi connectivity index (χ2n) is 11.8. The Hall–Kier alpha value is -4.63. The van der Waals surface area contributed by atoms with Gasteiger partial charge in [0.2, 0.25) is 5.75 Å². The summed E-state index contributed by atoms with van der Waals surface area (Å²) in [5.41, 5.74) is 0.420. The van der Waals surface area contributed by atoms with E-state index in [4.69, 9.17) is 9.47 Å². The molecule has 0 heterocycles. The number of phenols is 1. The van der Waals surface area contributed by atoms with E-state index in [2.05, 4.69) is 12.2 Å². The van der Waals surface area contributed by atoms with E-state index in [0.29, 0.717) is 34.4 Å². The van der Waals surface area contributed by atoms with Crippen LogP contribution < -0.4 is 14.8 Å². The number of aliphatic hydroxyl groups is 1. The number of nitrogens with one attached hydrogen (secondary N) is 1. The molecule has 0 bridgehead atoms. The van der Waals surface area contributed by atoms with Crippen LogP contribution in [0.15, 0.2) is 72.8 Å². The topological polar surface area (TPSA) is 131 Å². The molecule has 0 fully saturated rings. The first kappa shape index (κ1) is 35.2. The zero-order chi connectivity index (χ0) is 33.4. The Morgan fingerprint density at radius 3 is 2.04 bits per heavy atom. The fourth-order valence-corrected chi connectivity index (χ4v) is 5.60. The number of fused-ring (bicyclic) bond motifs is 1. The molecule has 4 rings (SSSR count). The van der Waals surface area contributed by atoms with Gasteiger partial charge in [-0.25, -0.2) is 0 Å². The van der Waals surface area contributed by atoms with Crippen molar-refractivity contribution in [3.63, 3.8) is 0 Å². The lowest BCUT2D eigenvalue weighted by Crippen LogP contribution is -2.14. The number of carbonyl (C=O) groups excluding carboxylic acids is 1. The molecule has 4 aromatic carbocycles. The average molecular weight is 643 g/mol. The van der Waals surface area contributed by atoms with Crippen LogP contribution in [-0.4, -0.2) is 27.7 Å². The minimum absolute atomic E-state index is 0.0639. The van der Waals surface area contributed by atoms with Crippen molar-refractivity contribution in [2.24, 2.45) is 0 Å². The zero-order valence-electron chi connectivity index (χ0n) is 27.2. The number of para-hydroxylation sites is 2. The predicted octanol–water partition coefficient (Wildman–Crippen LogP) is 10.1. The molecule has 47 heavy (non-hydrogen) atoms. The highest BCUT2D eigenvalue weighted by Gasteiger charge is 2.22. The molecule has 4 aromatic rings. The van der Waals surface area contributed by atoms with Crippen molar-refractivity contribution in [2.75, 3.05) is 11.9 Å². The number of anilines is 1. The molecular weight excluding hydrogens is 596 g/mol. The fourth-order valence-electron chi connectivity index (χ4n) is 5.60. The van der Waals surface area contributed by atoms with E-state index in [0.717, 1.165) is 12.8 Å². The number of hydrogen-bond acceptors (Lipinski definition) is 7. The number of phenolic OH excluding ortho intramolecular Hbond substituents is 1. The molecule has 0 saturated carbocycles. The molecule has 0 aliphatic rings. The van der Waals surface area contributed by atoms with Gasteiger partial charge in [0.25, 0.3) is 5.91 Å². The molecule has 0 saturated heterocycles. The van der Waals surface area contributed by atoms with Crippen molar-refractivity contribution in [3.05, 3.63) is 94.0 Å². The third-order valence-electron chi connectivity index (χ3n) is 8.24. The second-order valence-corrected chi connectivity index (χ2v) is 11.8. The van der Waals surface area contributed by atoms with Gasteiger partial charge in [-0.3, -0.25) is 14.9 Å². The molecule has 1 amide bonds. The van der Waals surface area contributed by atoms with E-state index in [1.807, 2.05) is 6.07 Å². The summed E-state index contributed by atoms with van der Waals surface area (Å²) in [5, 5.41) is 36.0. The molecule has 3 N–H and O–H groups in total. The van der Waals surface area contributed by atoms with Gasteiger partial charge < -0.3 is 25.0 Å². The first-order valence-corrected chi connectivity index (χ1v) is 16.8. The number of nitro groups is 1. The van der Waals surface area contributed by atoms with E-state index >= 15 is 0 Å². The van der Waals surface area contributed by atoms with Crippen LogP contribution in [0.25, 0.3) is 10.8 Å². The van der Waals surface area contributed by atoms with Crippen LogP contribution in [0.3, 0.4) is 0 Å². The molecule has 0 aromatic heterocycles. The van der Waals surface area contributed by atoms with Gasteiger partial charge in [-0.05, 0) is 36.2 Å². The number of aromatic hydroxyl groups is 1. The summed E-state index contributed by atoms with van der Waals surface area (Å²) in [4.78, 5) is 24.7. The molecular formula is C38H46N2O7. The van der Waals surface area contributed by atoms with Gasteiger partial charge in [0.1, 0.15) is 17.2 Å². The number of benzene rings is 4. The van der Waals surface area contributed by atoms with Crippen LogP contribution in [0.4, 0.5) is 11.4 Å². The minimum Gasteiger partial charge on any atom is -0.506 e. The largest absolute Gasteiger partial charge is 0.506 e. The molecule has 250 valence electrons. The standard InChI is InChI=1S/C38H46N2O7/c1-2-3-4-5-6-7-8-9-10-11-12-17-24-46-34-21-16-15-20-32(34)39-38(43)31-26-36(29-18-13-14-19-30(29)37(31)42)47-35-23-22-28(27-41)25-33(35)40(44)45/h13-16,18-23,25-26,41-42H,2-12,17,24,27H2,1H3,(H,39,43). The third-order valence-corrected chi connectivity index (χ3v) is 8.24. The van der Waals surface area contributed by atoms with Gasteiger partial charge in [0, 0.05) is 16.8 Å². The van der Waals surface area contributed by atoms with Gasteiger partial charge in [0.05, 0.1) is 29.4 Å². The highest BCUT2D eigenvalue weighted by atomic mass is 16.6. The predicted molar refractivity (Wildman–Crippen MR) is 186 cm³/mol. The summed E-state index contributed by atoms with van der Waals surface area (Å²) in [5.74, 6) is -0.221. The van der Waals surface area contributed by atoms with Crippen LogP contribution in [0.2, 0.25) is 0 Å². The maximum atomic E-state index is 13.6. The van der Waals surface area contributed by atoms with Gasteiger partial charge in [0.15, 0.2) is 0 Å². The number of amides is 1. The Balaban J connectivity index is 1.38. The lowest BCUT2D eigenvalue weighted by Gasteiger charge is -2.16. The maximum Gasteiger partial charge on any atom is 0.311 e. The quantitative estimate of drug-likeness (QED) is 0.0496. The molecule has 0 spiro atoms. The number of ether oxygens (including phenoxy) is 2. The van der Waals surface area contributed by atoms with Gasteiger partial charge in [-0.15, -0.1) is 0 Å². The highest BCUT2D eigenvalue weighted by molar-refractivity contribution is 6.11. The summed E-state index contributed by atoms with van der Waals surface area (Å²) in [6.45, 7) is 2.41. The van der Waals surface area contributed by atoms with E-state index < -0.39 is 10.8 Å². The zero-order valence-corrected chi connectivity index (χ0v) is 27.2. The smallest absolute Gasteiger partial charge is 0.311 e. The number of unbranched alkanes of at least 4 members (excludes halogenated alkanes) is 11. The molecule has 9 nitrogen and oxygen atoms in total. The SMILES string of the molecule is CCCCCCCCCCCCCCOc1ccccc1NC(=O)c1cc(Oc2ccc(CO)cc2[N+](=O)[O-])c2ccccc2c1O. The molecule has 9 heteroatoms. The van der Waals surface area contributed by atoms with Gasteiger partial charge in [-0.2, -0.15) is 0 Å². The third kappa shape index (κ3) is 10.2. The Morgan fingerprint density at radius 1 is 0.766 bits per heavy atom. The normalized spacial score (nSPS) is 11.0. The highest BCUT2D eigenvalue weighted by Crippen LogP contribution is 2.41. The van der Waals surface area contributed by atoms with E-state index in [-0.39, 0.29) is 35.1 Å². The second kappa shape index (κ2) is 18.5. The molecule has 0 radical (unpaired) electrons. The van der Waals surface area contributed by atoms with Crippen molar-refractivity contribution in [3.8, 4) is 23.0 Å². The van der Waals surface area contributed by atoms with Crippen molar-refractivity contribution in [1.29, 1.82) is 0 Å². The fraction of sp³-hybridized carbons (Fsp3) is 0.395. The maximum absolute atomic E-state index is 13.6. The first-order valence-electron chi connectivity index (χ1n) is 16.8. The van der Waals surface area contributed by atoms with E-state index in [1.165, 1.54) is 88.5 Å². The Kier molecular flexibility index (Phi) is 13.9. The summed E-state index contributed by atoms with van der Waals surface area (Å²) < 4.78 is 12.0. The Bertz CT molecular complexity index is 1620. The van der Waals surface area contributed by atoms with Crippen LogP contribution in [0.1, 0.15) is 99.9 Å². The van der Waals surface area contributed by atoms with Crippen LogP contribution in [0, 0.1) is 10.1 Å². The Morgan fingerprint density at radius 2 is 1.38 bits per heavy atom. The monoisotopic (exact) mass is 642 g/mol. The number of nitro benzene ring substituents is 1. The lowest BCUT2D eigenvalue weighted by molar-refractivity contribution is -0.385. The Labute approximate surface area is 276 Å². The lowest BCUT2D eigenvalue weighted by atomic mass is 10.0. The molecule has 0 atom stereocenters. The van der Waals surface area contributed by atoms with Gasteiger partial charge >= 0.3 is 5.69 Å². The van der Waals surface area contributed by atoms with Crippen LogP contribution in [0.5, 0.6) is 23.0 Å². The van der Waals surface area contributed by atoms with Crippen LogP contribution in [-0.2, 0) is 6.61 Å². The summed E-state index contributed by atoms with van der Waals surface area (Å²) in [7, 11) is 0. The van der Waals surface area contributed by atoms with E-state index in [9.17, 15) is 25.1 Å². The number of aliphatic hydroxyl groups excluding tert-OH is 1. The van der Waals surface area contributed by atoms with Crippen molar-refractivity contribution in [1.82, 2.24) is 0 Å². The van der Waals surface area contributed by atoms with E-state index in [1.54, 1.807) is 42.5 Å². The summed E-state index contributed by atoms with van der Waals surface area (Å²) in [6, 6.07) is 19.5. The number of hydrogen-bond donors (Lipinski definition) is 3. The minimum atomic E-state index is -0.598. The molecule has 0 aliphatic carbocycles. The summed E-state index contributed by atoms with van der Waals surface area (Å²) in [6.07, 6.45) is 15.1.